The van der Waals surface area contributed by atoms with Gasteiger partial charge in [-0.2, -0.15) is 0 Å². The van der Waals surface area contributed by atoms with Gasteiger partial charge in [0.2, 0.25) is 0 Å². The molecule has 0 fully saturated rings. The quantitative estimate of drug-likeness (QED) is 0.316. The second-order valence-electron chi connectivity index (χ2n) is 6.76. The Labute approximate surface area is 186 Å². The number of aryl methyl sites for hydroxylation is 1. The fraction of sp³-hybridized carbons (Fsp3) is 0.250. The van der Waals surface area contributed by atoms with Crippen molar-refractivity contribution < 1.29 is 9.47 Å². The van der Waals surface area contributed by atoms with Crippen molar-refractivity contribution in [1.29, 1.82) is 0 Å². The van der Waals surface area contributed by atoms with Gasteiger partial charge in [0.05, 0.1) is 24.3 Å². The van der Waals surface area contributed by atoms with Crippen molar-refractivity contribution in [2.75, 3.05) is 23.6 Å². The highest BCUT2D eigenvalue weighted by molar-refractivity contribution is 7.18. The Balaban J connectivity index is 1.88. The first-order valence-electron chi connectivity index (χ1n) is 10.5. The molecule has 31 heavy (non-hydrogen) atoms. The third-order valence-electron chi connectivity index (χ3n) is 4.74. The molecule has 4 rings (SSSR count). The van der Waals surface area contributed by atoms with Gasteiger partial charge in [0.1, 0.15) is 28.3 Å². The summed E-state index contributed by atoms with van der Waals surface area (Å²) in [6.07, 6.45) is 2.57. The van der Waals surface area contributed by atoms with E-state index in [0.717, 1.165) is 45.3 Å². The van der Waals surface area contributed by atoms with Crippen molar-refractivity contribution >= 4 is 38.7 Å². The number of nitrogens with zero attached hydrogens (tertiary/aromatic N) is 3. The lowest BCUT2D eigenvalue weighted by atomic mass is 10.2. The van der Waals surface area contributed by atoms with Gasteiger partial charge in [-0.25, -0.2) is 15.0 Å². The Morgan fingerprint density at radius 1 is 0.903 bits per heavy atom. The van der Waals surface area contributed by atoms with Gasteiger partial charge in [-0.15, -0.1) is 11.3 Å². The zero-order valence-electron chi connectivity index (χ0n) is 18.0. The standard InChI is InChI=1S/C24H26N4O2S/c1-4-17-15-18-23(25-16-26-24(18)31-17)28(20-12-8-10-14-22(20)30-6-3)27-19-11-7-9-13-21(19)29-5-2/h7-16,27H,4-6H2,1-3H3. The summed E-state index contributed by atoms with van der Waals surface area (Å²) in [5.74, 6) is 2.30. The summed E-state index contributed by atoms with van der Waals surface area (Å²) in [4.78, 5) is 11.4. The molecule has 0 bridgehead atoms. The zero-order valence-corrected chi connectivity index (χ0v) is 18.8. The zero-order chi connectivity index (χ0) is 21.6. The van der Waals surface area contributed by atoms with Crippen LogP contribution in [0.25, 0.3) is 10.2 Å². The molecule has 0 aliphatic carbocycles. The lowest BCUT2D eigenvalue weighted by Crippen LogP contribution is -2.26. The Morgan fingerprint density at radius 2 is 1.61 bits per heavy atom. The van der Waals surface area contributed by atoms with Crippen molar-refractivity contribution in [3.05, 3.63) is 65.8 Å². The van der Waals surface area contributed by atoms with Crippen LogP contribution in [0.1, 0.15) is 25.6 Å². The maximum atomic E-state index is 5.94. The minimum Gasteiger partial charge on any atom is -0.492 e. The second kappa shape index (κ2) is 9.66. The van der Waals surface area contributed by atoms with Crippen LogP contribution in [0, 0.1) is 0 Å². The van der Waals surface area contributed by atoms with Crippen LogP contribution in [0.15, 0.2) is 60.9 Å². The lowest BCUT2D eigenvalue weighted by Gasteiger charge is -2.28. The monoisotopic (exact) mass is 434 g/mol. The molecule has 2 aromatic heterocycles. The van der Waals surface area contributed by atoms with Crippen molar-refractivity contribution in [2.45, 2.75) is 27.2 Å². The number of anilines is 3. The molecule has 7 heteroatoms. The van der Waals surface area contributed by atoms with Crippen LogP contribution in [-0.4, -0.2) is 23.2 Å². The van der Waals surface area contributed by atoms with Gasteiger partial charge >= 0.3 is 0 Å². The molecule has 0 radical (unpaired) electrons. The highest BCUT2D eigenvalue weighted by Crippen LogP contribution is 2.39. The molecule has 0 saturated heterocycles. The number of benzene rings is 2. The van der Waals surface area contributed by atoms with E-state index in [1.54, 1.807) is 17.7 Å². The molecule has 6 nitrogen and oxygen atoms in total. The summed E-state index contributed by atoms with van der Waals surface area (Å²) in [6, 6.07) is 18.0. The summed E-state index contributed by atoms with van der Waals surface area (Å²) in [5.41, 5.74) is 5.23. The minimum absolute atomic E-state index is 0.567. The van der Waals surface area contributed by atoms with Crippen LogP contribution < -0.4 is 19.9 Å². The van der Waals surface area contributed by atoms with E-state index < -0.39 is 0 Å². The third kappa shape index (κ3) is 4.41. The molecule has 0 spiro atoms. The highest BCUT2D eigenvalue weighted by atomic mass is 32.1. The number of para-hydroxylation sites is 4. The van der Waals surface area contributed by atoms with Crippen molar-refractivity contribution in [2.24, 2.45) is 0 Å². The summed E-state index contributed by atoms with van der Waals surface area (Å²) in [5, 5.41) is 2.95. The molecule has 160 valence electrons. The van der Waals surface area contributed by atoms with Crippen molar-refractivity contribution in [3.8, 4) is 11.5 Å². The number of thiophene rings is 1. The number of hydrogen-bond donors (Lipinski definition) is 1. The average molecular weight is 435 g/mol. The van der Waals surface area contributed by atoms with Crippen LogP contribution >= 0.6 is 11.3 Å². The fourth-order valence-electron chi connectivity index (χ4n) is 3.35. The van der Waals surface area contributed by atoms with E-state index in [4.69, 9.17) is 9.47 Å². The molecular formula is C24H26N4O2S. The minimum atomic E-state index is 0.567. The van der Waals surface area contributed by atoms with Gasteiger partial charge in [0.15, 0.2) is 5.82 Å². The largest absolute Gasteiger partial charge is 0.492 e. The first-order valence-corrected chi connectivity index (χ1v) is 11.3. The summed E-state index contributed by atoms with van der Waals surface area (Å²) in [6.45, 7) is 7.25. The molecule has 2 heterocycles. The maximum absolute atomic E-state index is 5.94. The molecule has 1 N–H and O–H groups in total. The van der Waals surface area contributed by atoms with Gasteiger partial charge in [-0.1, -0.05) is 31.2 Å². The molecule has 0 aliphatic heterocycles. The number of rotatable bonds is 9. The SMILES string of the molecule is CCOc1ccccc1NN(c1ccccc1OCC)c1ncnc2sc(CC)cc12. The Bertz CT molecular complexity index is 1160. The second-order valence-corrected chi connectivity index (χ2v) is 7.87. The Hall–Kier alpha value is -3.32. The Kier molecular flexibility index (Phi) is 6.52. The van der Waals surface area contributed by atoms with E-state index in [0.29, 0.717) is 13.2 Å². The number of hydrogen-bond acceptors (Lipinski definition) is 7. The topological polar surface area (TPSA) is 59.5 Å². The number of aromatic nitrogens is 2. The van der Waals surface area contributed by atoms with Crippen LogP contribution in [0.3, 0.4) is 0 Å². The smallest absolute Gasteiger partial charge is 0.164 e. The van der Waals surface area contributed by atoms with E-state index in [1.165, 1.54) is 4.88 Å². The van der Waals surface area contributed by atoms with Gasteiger partial charge in [0, 0.05) is 4.88 Å². The predicted molar refractivity (Wildman–Crippen MR) is 128 cm³/mol. The van der Waals surface area contributed by atoms with Gasteiger partial charge in [0.25, 0.3) is 0 Å². The lowest BCUT2D eigenvalue weighted by molar-refractivity contribution is 0.340. The maximum Gasteiger partial charge on any atom is 0.164 e. The molecule has 0 saturated carbocycles. The van der Waals surface area contributed by atoms with Gasteiger partial charge in [-0.3, -0.25) is 5.43 Å². The normalized spacial score (nSPS) is 10.8. The number of hydrazine groups is 1. The molecule has 4 aromatic rings. The van der Waals surface area contributed by atoms with Gasteiger partial charge < -0.3 is 9.47 Å². The first-order chi connectivity index (χ1) is 15.2. The van der Waals surface area contributed by atoms with E-state index in [2.05, 4.69) is 28.4 Å². The molecule has 0 aliphatic rings. The van der Waals surface area contributed by atoms with E-state index in [1.807, 2.05) is 67.4 Å². The number of fused-ring (bicyclic) bond motifs is 1. The Morgan fingerprint density at radius 3 is 2.39 bits per heavy atom. The molecular weight excluding hydrogens is 408 g/mol. The number of ether oxygens (including phenoxy) is 2. The van der Waals surface area contributed by atoms with E-state index >= 15 is 0 Å². The summed E-state index contributed by atoms with van der Waals surface area (Å²) in [7, 11) is 0. The van der Waals surface area contributed by atoms with Crippen LogP contribution in [0.5, 0.6) is 11.5 Å². The fourth-order valence-corrected chi connectivity index (χ4v) is 4.28. The van der Waals surface area contributed by atoms with Crippen molar-refractivity contribution in [3.63, 3.8) is 0 Å². The highest BCUT2D eigenvalue weighted by Gasteiger charge is 2.21. The molecule has 0 amide bonds. The third-order valence-corrected chi connectivity index (χ3v) is 5.93. The van der Waals surface area contributed by atoms with Crippen LogP contribution in [0.2, 0.25) is 0 Å². The summed E-state index contributed by atoms with van der Waals surface area (Å²) < 4.78 is 11.8. The van der Waals surface area contributed by atoms with E-state index in [9.17, 15) is 0 Å². The molecule has 0 atom stereocenters. The molecule has 0 unspecified atom stereocenters. The number of nitrogens with one attached hydrogen (secondary N) is 1. The van der Waals surface area contributed by atoms with E-state index in [-0.39, 0.29) is 0 Å². The van der Waals surface area contributed by atoms with Gasteiger partial charge in [-0.05, 0) is 50.6 Å². The average Bonchev–Trinajstić information content (AvgIpc) is 3.23. The predicted octanol–water partition coefficient (Wildman–Crippen LogP) is 6.22. The van der Waals surface area contributed by atoms with Crippen molar-refractivity contribution in [1.82, 2.24) is 9.97 Å². The first kappa shape index (κ1) is 20.9. The van der Waals surface area contributed by atoms with Crippen LogP contribution in [-0.2, 0) is 6.42 Å². The molecule has 2 aromatic carbocycles. The summed E-state index contributed by atoms with van der Waals surface area (Å²) >= 11 is 1.69. The van der Waals surface area contributed by atoms with Crippen LogP contribution in [0.4, 0.5) is 17.2 Å².